The van der Waals surface area contributed by atoms with Crippen LogP contribution in [0.5, 0.6) is 5.75 Å². The highest BCUT2D eigenvalue weighted by molar-refractivity contribution is 7.93. The van der Waals surface area contributed by atoms with Crippen molar-refractivity contribution in [3.05, 3.63) is 48.7 Å². The number of pyridine rings is 1. The van der Waals surface area contributed by atoms with E-state index in [-0.39, 0.29) is 4.90 Å². The van der Waals surface area contributed by atoms with Gasteiger partial charge in [0.1, 0.15) is 5.75 Å². The van der Waals surface area contributed by atoms with E-state index in [2.05, 4.69) is 9.71 Å². The summed E-state index contributed by atoms with van der Waals surface area (Å²) in [6.07, 6.45) is 1.65. The number of anilines is 1. The minimum Gasteiger partial charge on any atom is -0.497 e. The minimum absolute atomic E-state index is 0.217. The van der Waals surface area contributed by atoms with E-state index < -0.39 is 10.0 Å². The van der Waals surface area contributed by atoms with Crippen molar-refractivity contribution >= 4 is 26.6 Å². The van der Waals surface area contributed by atoms with E-state index in [0.717, 1.165) is 10.9 Å². The molecule has 1 N–H and O–H groups in total. The van der Waals surface area contributed by atoms with Crippen LogP contribution in [0.2, 0.25) is 0 Å². The quantitative estimate of drug-likeness (QED) is 0.750. The summed E-state index contributed by atoms with van der Waals surface area (Å²) < 4.78 is 32.9. The number of aromatic nitrogens is 1. The van der Waals surface area contributed by atoms with Crippen molar-refractivity contribution in [3.8, 4) is 16.9 Å². The van der Waals surface area contributed by atoms with Gasteiger partial charge in [-0.05, 0) is 18.2 Å². The molecule has 0 amide bonds. The molecule has 2 aromatic carbocycles. The highest BCUT2D eigenvalue weighted by Gasteiger charge is 2.29. The largest absolute Gasteiger partial charge is 0.497 e. The van der Waals surface area contributed by atoms with E-state index in [1.165, 1.54) is 13.2 Å². The van der Waals surface area contributed by atoms with E-state index in [4.69, 9.17) is 4.74 Å². The Morgan fingerprint density at radius 1 is 1.09 bits per heavy atom. The number of rotatable bonds is 1. The Kier molecular flexibility index (Phi) is 2.65. The van der Waals surface area contributed by atoms with Crippen molar-refractivity contribution in [1.82, 2.24) is 4.98 Å². The number of sulfonamides is 1. The lowest BCUT2D eigenvalue weighted by molar-refractivity contribution is 0.413. The van der Waals surface area contributed by atoms with Gasteiger partial charge in [-0.15, -0.1) is 0 Å². The van der Waals surface area contributed by atoms with Gasteiger partial charge < -0.3 is 4.74 Å². The van der Waals surface area contributed by atoms with Crippen molar-refractivity contribution in [2.75, 3.05) is 11.8 Å². The second kappa shape index (κ2) is 4.45. The van der Waals surface area contributed by atoms with E-state index in [1.54, 1.807) is 18.3 Å². The first-order valence-corrected chi connectivity index (χ1v) is 8.17. The van der Waals surface area contributed by atoms with Gasteiger partial charge in [-0.1, -0.05) is 18.2 Å². The number of ether oxygens (including phenoxy) is 1. The van der Waals surface area contributed by atoms with Crippen molar-refractivity contribution in [2.45, 2.75) is 4.90 Å². The molecule has 0 aliphatic carbocycles. The molecule has 22 heavy (non-hydrogen) atoms. The first kappa shape index (κ1) is 13.1. The summed E-state index contributed by atoms with van der Waals surface area (Å²) in [6, 6.07) is 12.6. The molecule has 0 spiro atoms. The second-order valence-electron chi connectivity index (χ2n) is 5.03. The molecule has 1 aromatic heterocycles. The summed E-state index contributed by atoms with van der Waals surface area (Å²) in [7, 11) is -2.14. The Balaban J connectivity index is 2.10. The van der Waals surface area contributed by atoms with Crippen LogP contribution < -0.4 is 9.46 Å². The number of benzene rings is 2. The average Bonchev–Trinajstić information content (AvgIpc) is 2.54. The molecule has 2 heterocycles. The van der Waals surface area contributed by atoms with Gasteiger partial charge in [0, 0.05) is 28.8 Å². The number of hydrogen-bond acceptors (Lipinski definition) is 4. The van der Waals surface area contributed by atoms with E-state index in [1.807, 2.05) is 24.3 Å². The molecule has 0 atom stereocenters. The van der Waals surface area contributed by atoms with Crippen LogP contribution in [0.3, 0.4) is 0 Å². The summed E-state index contributed by atoms with van der Waals surface area (Å²) in [4.78, 5) is 4.53. The molecular weight excluding hydrogens is 300 g/mol. The van der Waals surface area contributed by atoms with Gasteiger partial charge >= 0.3 is 0 Å². The molecular formula is C16H12N2O3S. The minimum atomic E-state index is -3.65. The van der Waals surface area contributed by atoms with Crippen molar-refractivity contribution < 1.29 is 13.2 Å². The van der Waals surface area contributed by atoms with E-state index >= 15 is 0 Å². The first-order chi connectivity index (χ1) is 10.6. The van der Waals surface area contributed by atoms with Gasteiger partial charge in [0.05, 0.1) is 23.2 Å². The van der Waals surface area contributed by atoms with Gasteiger partial charge in [0.2, 0.25) is 0 Å². The molecule has 4 rings (SSSR count). The predicted molar refractivity (Wildman–Crippen MR) is 84.5 cm³/mol. The average molecular weight is 312 g/mol. The molecule has 110 valence electrons. The molecule has 6 heteroatoms. The molecule has 0 unspecified atom stereocenters. The highest BCUT2D eigenvalue weighted by atomic mass is 32.2. The van der Waals surface area contributed by atoms with Crippen molar-refractivity contribution in [3.63, 3.8) is 0 Å². The molecule has 1 aliphatic rings. The summed E-state index contributed by atoms with van der Waals surface area (Å²) >= 11 is 0. The Hall–Kier alpha value is -2.60. The molecule has 1 aliphatic heterocycles. The smallest absolute Gasteiger partial charge is 0.262 e. The fraction of sp³-hybridized carbons (Fsp3) is 0.0625. The van der Waals surface area contributed by atoms with Crippen LogP contribution in [-0.4, -0.2) is 20.5 Å². The zero-order valence-corrected chi connectivity index (χ0v) is 12.5. The lowest BCUT2D eigenvalue weighted by Gasteiger charge is -2.23. The summed E-state index contributed by atoms with van der Waals surface area (Å²) in [5.41, 5.74) is 2.64. The number of nitrogens with zero attached hydrogens (tertiary/aromatic N) is 1. The van der Waals surface area contributed by atoms with Gasteiger partial charge in [-0.25, -0.2) is 8.42 Å². The summed E-state index contributed by atoms with van der Waals surface area (Å²) in [5, 5.41) is 0.890. The van der Waals surface area contributed by atoms with Gasteiger partial charge in [0.25, 0.3) is 10.0 Å². The maximum atomic E-state index is 12.6. The van der Waals surface area contributed by atoms with E-state index in [0.29, 0.717) is 22.5 Å². The first-order valence-electron chi connectivity index (χ1n) is 6.69. The van der Waals surface area contributed by atoms with Crippen LogP contribution in [0.15, 0.2) is 53.6 Å². The second-order valence-corrected chi connectivity index (χ2v) is 6.68. The zero-order chi connectivity index (χ0) is 15.3. The molecule has 0 saturated carbocycles. The third kappa shape index (κ3) is 1.77. The maximum absolute atomic E-state index is 12.6. The molecule has 3 aromatic rings. The fourth-order valence-electron chi connectivity index (χ4n) is 2.74. The van der Waals surface area contributed by atoms with Crippen LogP contribution in [0, 0.1) is 0 Å². The number of fused-ring (bicyclic) bond motifs is 5. The third-order valence-corrected chi connectivity index (χ3v) is 5.17. The standard InChI is InChI=1S/C16H12N2O3S/c1-21-11-5-7-12-13-6-4-10-3-2-8-17-15(10)16(13)18-22(19,20)14(12)9-11/h2-9,18H,1H3. The summed E-state index contributed by atoms with van der Waals surface area (Å²) in [6.45, 7) is 0. The molecule has 0 saturated heterocycles. The van der Waals surface area contributed by atoms with Crippen LogP contribution in [0.25, 0.3) is 22.0 Å². The Bertz CT molecular complexity index is 1010. The molecule has 0 bridgehead atoms. The van der Waals surface area contributed by atoms with Crippen LogP contribution in [0.4, 0.5) is 5.69 Å². The number of nitrogens with one attached hydrogen (secondary N) is 1. The fourth-order valence-corrected chi connectivity index (χ4v) is 4.06. The lowest BCUT2D eigenvalue weighted by Crippen LogP contribution is -2.19. The van der Waals surface area contributed by atoms with Crippen LogP contribution >= 0.6 is 0 Å². The molecule has 5 nitrogen and oxygen atoms in total. The van der Waals surface area contributed by atoms with Gasteiger partial charge in [0.15, 0.2) is 0 Å². The van der Waals surface area contributed by atoms with Gasteiger partial charge in [-0.3, -0.25) is 9.71 Å². The topological polar surface area (TPSA) is 68.3 Å². The highest BCUT2D eigenvalue weighted by Crippen LogP contribution is 2.43. The number of hydrogen-bond donors (Lipinski definition) is 1. The van der Waals surface area contributed by atoms with E-state index in [9.17, 15) is 8.42 Å². The predicted octanol–water partition coefficient (Wildman–Crippen LogP) is 3.02. The maximum Gasteiger partial charge on any atom is 0.262 e. The Morgan fingerprint density at radius 3 is 2.73 bits per heavy atom. The van der Waals surface area contributed by atoms with Crippen LogP contribution in [0.1, 0.15) is 0 Å². The van der Waals surface area contributed by atoms with Crippen LogP contribution in [-0.2, 0) is 10.0 Å². The van der Waals surface area contributed by atoms with Gasteiger partial charge in [-0.2, -0.15) is 0 Å². The molecule has 0 radical (unpaired) electrons. The monoisotopic (exact) mass is 312 g/mol. The third-order valence-electron chi connectivity index (χ3n) is 3.78. The Labute approximate surface area is 127 Å². The SMILES string of the molecule is COc1ccc2c(c1)S(=O)(=O)Nc1c-2ccc2cccnc12. The summed E-state index contributed by atoms with van der Waals surface area (Å²) in [5.74, 6) is 0.506. The lowest BCUT2D eigenvalue weighted by atomic mass is 10.0. The number of methoxy groups -OCH3 is 1. The zero-order valence-electron chi connectivity index (χ0n) is 11.7. The van der Waals surface area contributed by atoms with Crippen molar-refractivity contribution in [1.29, 1.82) is 0 Å². The van der Waals surface area contributed by atoms with Crippen molar-refractivity contribution in [2.24, 2.45) is 0 Å². The molecule has 0 fully saturated rings. The normalized spacial score (nSPS) is 14.8. The Morgan fingerprint density at radius 2 is 1.91 bits per heavy atom.